The Morgan fingerprint density at radius 1 is 1.28 bits per heavy atom. The molecular formula is C15H22O3. The highest BCUT2D eigenvalue weighted by molar-refractivity contribution is 5.98. The molecule has 1 aliphatic rings. The summed E-state index contributed by atoms with van der Waals surface area (Å²) in [4.78, 5) is 23.6. The standard InChI is InChI=1S/C15H22O3/c1-10-7-8-12(16)15(5,6)11(10)9-18-13(17)14(2,3)4/h7-8H,9H2,1-6H3. The molecule has 0 aromatic rings. The summed E-state index contributed by atoms with van der Waals surface area (Å²) in [6.45, 7) is 11.3. The van der Waals surface area contributed by atoms with Crippen LogP contribution in [0.1, 0.15) is 41.5 Å². The normalized spacial score (nSPS) is 19.1. The molecular weight excluding hydrogens is 228 g/mol. The molecule has 3 nitrogen and oxygen atoms in total. The van der Waals surface area contributed by atoms with Crippen LogP contribution >= 0.6 is 0 Å². The molecule has 100 valence electrons. The zero-order valence-electron chi connectivity index (χ0n) is 12.1. The SMILES string of the molecule is CC1=C(COC(=O)C(C)(C)C)C(C)(C)C(=O)C=C1. The van der Waals surface area contributed by atoms with E-state index in [2.05, 4.69) is 0 Å². The fourth-order valence-electron chi connectivity index (χ4n) is 1.80. The van der Waals surface area contributed by atoms with Crippen molar-refractivity contribution >= 4 is 11.8 Å². The van der Waals surface area contributed by atoms with E-state index < -0.39 is 10.8 Å². The van der Waals surface area contributed by atoms with Gasteiger partial charge in [0.1, 0.15) is 6.61 Å². The van der Waals surface area contributed by atoms with Gasteiger partial charge in [-0.25, -0.2) is 0 Å². The first kappa shape index (κ1) is 14.7. The monoisotopic (exact) mass is 250 g/mol. The van der Waals surface area contributed by atoms with E-state index in [0.717, 1.165) is 11.1 Å². The smallest absolute Gasteiger partial charge is 0.311 e. The number of carbonyl (C=O) groups excluding carboxylic acids is 2. The van der Waals surface area contributed by atoms with E-state index >= 15 is 0 Å². The first-order valence-electron chi connectivity index (χ1n) is 6.17. The Morgan fingerprint density at radius 2 is 1.83 bits per heavy atom. The second kappa shape index (κ2) is 4.71. The third-order valence-corrected chi connectivity index (χ3v) is 3.29. The first-order valence-corrected chi connectivity index (χ1v) is 6.17. The van der Waals surface area contributed by atoms with Gasteiger partial charge >= 0.3 is 5.97 Å². The second-order valence-corrected chi connectivity index (χ2v) is 6.31. The van der Waals surface area contributed by atoms with Gasteiger partial charge in [-0.3, -0.25) is 9.59 Å². The first-order chi connectivity index (χ1) is 8.06. The summed E-state index contributed by atoms with van der Waals surface area (Å²) in [6, 6.07) is 0. The van der Waals surface area contributed by atoms with Crippen molar-refractivity contribution < 1.29 is 14.3 Å². The summed E-state index contributed by atoms with van der Waals surface area (Å²) in [6.07, 6.45) is 3.37. The quantitative estimate of drug-likeness (QED) is 0.707. The lowest BCUT2D eigenvalue weighted by Crippen LogP contribution is -2.32. The molecule has 0 N–H and O–H groups in total. The molecule has 18 heavy (non-hydrogen) atoms. The van der Waals surface area contributed by atoms with Gasteiger partial charge < -0.3 is 4.74 Å². The van der Waals surface area contributed by atoms with Gasteiger partial charge in [0.15, 0.2) is 5.78 Å². The Morgan fingerprint density at radius 3 is 2.33 bits per heavy atom. The zero-order chi connectivity index (χ0) is 14.1. The number of allylic oxidation sites excluding steroid dienone is 3. The Hall–Kier alpha value is -1.38. The predicted molar refractivity (Wildman–Crippen MR) is 71.0 cm³/mol. The van der Waals surface area contributed by atoms with Crippen LogP contribution in [0.25, 0.3) is 0 Å². The van der Waals surface area contributed by atoms with E-state index in [1.54, 1.807) is 12.2 Å². The molecule has 0 saturated carbocycles. The van der Waals surface area contributed by atoms with Gasteiger partial charge in [-0.05, 0) is 58.8 Å². The average molecular weight is 250 g/mol. The van der Waals surface area contributed by atoms with E-state index in [4.69, 9.17) is 4.74 Å². The van der Waals surface area contributed by atoms with Crippen LogP contribution in [0.15, 0.2) is 23.3 Å². The fraction of sp³-hybridized carbons (Fsp3) is 0.600. The van der Waals surface area contributed by atoms with E-state index in [1.807, 2.05) is 41.5 Å². The van der Waals surface area contributed by atoms with Gasteiger partial charge in [0, 0.05) is 0 Å². The van der Waals surface area contributed by atoms with Gasteiger partial charge in [-0.1, -0.05) is 6.08 Å². The molecule has 0 atom stereocenters. The highest BCUT2D eigenvalue weighted by Gasteiger charge is 2.35. The Bertz CT molecular complexity index is 431. The minimum Gasteiger partial charge on any atom is -0.461 e. The summed E-state index contributed by atoms with van der Waals surface area (Å²) < 4.78 is 5.32. The molecule has 0 radical (unpaired) electrons. The Balaban J connectivity index is 2.86. The van der Waals surface area contributed by atoms with Crippen molar-refractivity contribution in [3.05, 3.63) is 23.3 Å². The molecule has 0 heterocycles. The molecule has 0 aromatic heterocycles. The average Bonchev–Trinajstić information content (AvgIpc) is 2.22. The molecule has 0 amide bonds. The number of esters is 1. The maximum Gasteiger partial charge on any atom is 0.311 e. The predicted octanol–water partition coefficient (Wildman–Crippen LogP) is 3.06. The van der Waals surface area contributed by atoms with Crippen molar-refractivity contribution in [1.82, 2.24) is 0 Å². The number of rotatable bonds is 2. The van der Waals surface area contributed by atoms with Crippen LogP contribution in [0.4, 0.5) is 0 Å². The van der Waals surface area contributed by atoms with Gasteiger partial charge in [-0.15, -0.1) is 0 Å². The fourth-order valence-corrected chi connectivity index (χ4v) is 1.80. The molecule has 0 unspecified atom stereocenters. The third-order valence-electron chi connectivity index (χ3n) is 3.29. The molecule has 1 rings (SSSR count). The van der Waals surface area contributed by atoms with E-state index in [9.17, 15) is 9.59 Å². The van der Waals surface area contributed by atoms with Crippen LogP contribution in [0.3, 0.4) is 0 Å². The van der Waals surface area contributed by atoms with Crippen LogP contribution in [0.2, 0.25) is 0 Å². The number of carbonyl (C=O) groups is 2. The summed E-state index contributed by atoms with van der Waals surface area (Å²) in [5.41, 5.74) is 0.776. The van der Waals surface area contributed by atoms with Crippen LogP contribution in [0, 0.1) is 10.8 Å². The zero-order valence-corrected chi connectivity index (χ0v) is 12.1. The van der Waals surface area contributed by atoms with Crippen LogP contribution in [0.5, 0.6) is 0 Å². The van der Waals surface area contributed by atoms with Crippen molar-refractivity contribution in [2.45, 2.75) is 41.5 Å². The molecule has 0 spiro atoms. The molecule has 0 aliphatic heterocycles. The second-order valence-electron chi connectivity index (χ2n) is 6.31. The summed E-state index contributed by atoms with van der Waals surface area (Å²) in [5.74, 6) is -0.199. The largest absolute Gasteiger partial charge is 0.461 e. The highest BCUT2D eigenvalue weighted by atomic mass is 16.5. The molecule has 0 fully saturated rings. The maximum atomic E-state index is 11.9. The molecule has 0 saturated heterocycles. The van der Waals surface area contributed by atoms with Gasteiger partial charge in [0.2, 0.25) is 0 Å². The van der Waals surface area contributed by atoms with Crippen LogP contribution in [-0.2, 0) is 14.3 Å². The molecule has 0 aromatic carbocycles. The minimum absolute atomic E-state index is 0.0508. The lowest BCUT2D eigenvalue weighted by atomic mass is 9.75. The summed E-state index contributed by atoms with van der Waals surface area (Å²) >= 11 is 0. The van der Waals surface area contributed by atoms with Crippen LogP contribution in [-0.4, -0.2) is 18.4 Å². The van der Waals surface area contributed by atoms with E-state index in [1.165, 1.54) is 0 Å². The maximum absolute atomic E-state index is 11.9. The number of ketones is 1. The van der Waals surface area contributed by atoms with Gasteiger partial charge in [-0.2, -0.15) is 0 Å². The topological polar surface area (TPSA) is 43.4 Å². The third kappa shape index (κ3) is 2.89. The lowest BCUT2D eigenvalue weighted by molar-refractivity contribution is -0.152. The Kier molecular flexibility index (Phi) is 3.84. The highest BCUT2D eigenvalue weighted by Crippen LogP contribution is 2.34. The summed E-state index contributed by atoms with van der Waals surface area (Å²) in [7, 11) is 0. The molecule has 0 bridgehead atoms. The van der Waals surface area contributed by atoms with Crippen molar-refractivity contribution in [1.29, 1.82) is 0 Å². The van der Waals surface area contributed by atoms with Crippen LogP contribution < -0.4 is 0 Å². The van der Waals surface area contributed by atoms with E-state index in [0.29, 0.717) is 0 Å². The molecule has 1 aliphatic carbocycles. The van der Waals surface area contributed by atoms with Crippen molar-refractivity contribution in [3.8, 4) is 0 Å². The van der Waals surface area contributed by atoms with E-state index in [-0.39, 0.29) is 18.4 Å². The van der Waals surface area contributed by atoms with Gasteiger partial charge in [0.05, 0.1) is 10.8 Å². The molecule has 3 heteroatoms. The lowest BCUT2D eigenvalue weighted by Gasteiger charge is -2.30. The number of hydrogen-bond donors (Lipinski definition) is 0. The van der Waals surface area contributed by atoms with Crippen molar-refractivity contribution in [2.75, 3.05) is 6.61 Å². The van der Waals surface area contributed by atoms with Gasteiger partial charge in [0.25, 0.3) is 0 Å². The number of ether oxygens (including phenoxy) is 1. The van der Waals surface area contributed by atoms with Crippen molar-refractivity contribution in [2.24, 2.45) is 10.8 Å². The Labute approximate surface area is 109 Å². The number of hydrogen-bond acceptors (Lipinski definition) is 3. The summed E-state index contributed by atoms with van der Waals surface area (Å²) in [5, 5.41) is 0. The van der Waals surface area contributed by atoms with Crippen molar-refractivity contribution in [3.63, 3.8) is 0 Å². The minimum atomic E-state index is -0.586.